The van der Waals surface area contributed by atoms with Gasteiger partial charge in [0.25, 0.3) is 0 Å². The summed E-state index contributed by atoms with van der Waals surface area (Å²) in [6.07, 6.45) is 6.25. The van der Waals surface area contributed by atoms with Crippen molar-refractivity contribution in [3.63, 3.8) is 0 Å². The van der Waals surface area contributed by atoms with E-state index < -0.39 is 0 Å². The molecule has 29 heavy (non-hydrogen) atoms. The third-order valence-electron chi connectivity index (χ3n) is 6.58. The van der Waals surface area contributed by atoms with E-state index in [9.17, 15) is 4.79 Å². The molecular formula is C25H24N2O2. The summed E-state index contributed by atoms with van der Waals surface area (Å²) in [4.78, 5) is 14.9. The summed E-state index contributed by atoms with van der Waals surface area (Å²) in [5, 5.41) is 8.84. The molecule has 1 saturated heterocycles. The minimum atomic E-state index is -0.199. The quantitative estimate of drug-likeness (QED) is 0.663. The standard InChI is InChI=1S/C25H24N2O2/c26-13-5-6-17-14-18-11-12-19(15-17)27(18)25(28)29-16-24-22-9-3-1-7-20(22)21-8-2-4-10-23(21)24/h1-4,7-10,14,18-19,24H,5-6,11-12,15-16H2. The fourth-order valence-corrected chi connectivity index (χ4v) is 5.27. The Kier molecular flexibility index (Phi) is 4.60. The number of carbonyl (C=O) groups excluding carboxylic acids is 1. The highest BCUT2D eigenvalue weighted by molar-refractivity contribution is 5.79. The van der Waals surface area contributed by atoms with Crippen LogP contribution < -0.4 is 0 Å². The largest absolute Gasteiger partial charge is 0.448 e. The van der Waals surface area contributed by atoms with Crippen molar-refractivity contribution in [1.82, 2.24) is 4.90 Å². The van der Waals surface area contributed by atoms with Crippen molar-refractivity contribution in [3.05, 3.63) is 71.3 Å². The Hall–Kier alpha value is -3.06. The first kappa shape index (κ1) is 18.0. The summed E-state index contributed by atoms with van der Waals surface area (Å²) < 4.78 is 5.88. The third-order valence-corrected chi connectivity index (χ3v) is 6.58. The zero-order valence-electron chi connectivity index (χ0n) is 16.4. The fourth-order valence-electron chi connectivity index (χ4n) is 5.27. The Balaban J connectivity index is 1.31. The molecule has 0 N–H and O–H groups in total. The van der Waals surface area contributed by atoms with E-state index >= 15 is 0 Å². The molecule has 146 valence electrons. The second-order valence-corrected chi connectivity index (χ2v) is 8.20. The number of carbonyl (C=O) groups is 1. The lowest BCUT2D eigenvalue weighted by molar-refractivity contribution is 0.0849. The van der Waals surface area contributed by atoms with Crippen molar-refractivity contribution in [2.45, 2.75) is 50.1 Å². The molecule has 2 aromatic carbocycles. The van der Waals surface area contributed by atoms with E-state index in [4.69, 9.17) is 10.00 Å². The minimum Gasteiger partial charge on any atom is -0.448 e. The number of fused-ring (bicyclic) bond motifs is 5. The van der Waals surface area contributed by atoms with E-state index in [1.807, 2.05) is 4.90 Å². The van der Waals surface area contributed by atoms with Crippen molar-refractivity contribution in [2.75, 3.05) is 6.61 Å². The van der Waals surface area contributed by atoms with Gasteiger partial charge in [-0.2, -0.15) is 5.26 Å². The molecule has 2 aliphatic heterocycles. The predicted octanol–water partition coefficient (Wildman–Crippen LogP) is 5.40. The van der Waals surface area contributed by atoms with Crippen LogP contribution in [-0.4, -0.2) is 29.7 Å². The van der Waals surface area contributed by atoms with E-state index in [0.717, 1.165) is 25.7 Å². The van der Waals surface area contributed by atoms with Gasteiger partial charge in [-0.1, -0.05) is 60.2 Å². The van der Waals surface area contributed by atoms with Gasteiger partial charge < -0.3 is 4.74 Å². The maximum Gasteiger partial charge on any atom is 0.410 e. The molecule has 2 aromatic rings. The summed E-state index contributed by atoms with van der Waals surface area (Å²) in [6, 6.07) is 19.4. The van der Waals surface area contributed by atoms with Crippen LogP contribution in [0.1, 0.15) is 49.1 Å². The molecule has 0 aromatic heterocycles. The summed E-state index contributed by atoms with van der Waals surface area (Å²) in [5.41, 5.74) is 6.28. The van der Waals surface area contributed by atoms with Crippen molar-refractivity contribution in [1.29, 1.82) is 5.26 Å². The number of nitriles is 1. The van der Waals surface area contributed by atoms with Crippen LogP contribution in [0.3, 0.4) is 0 Å². The first-order valence-corrected chi connectivity index (χ1v) is 10.5. The van der Waals surface area contributed by atoms with Crippen LogP contribution in [0.2, 0.25) is 0 Å². The molecule has 0 spiro atoms. The zero-order chi connectivity index (χ0) is 19.8. The summed E-state index contributed by atoms with van der Waals surface area (Å²) >= 11 is 0. The SMILES string of the molecule is N#CCCC1=CC2CCC(C1)N2C(=O)OCC1c2ccccc2-c2ccccc21. The smallest absolute Gasteiger partial charge is 0.410 e. The van der Waals surface area contributed by atoms with Crippen molar-refractivity contribution >= 4 is 6.09 Å². The molecule has 1 amide bonds. The highest BCUT2D eigenvalue weighted by Gasteiger charge is 2.40. The Morgan fingerprint density at radius 2 is 1.76 bits per heavy atom. The molecular weight excluding hydrogens is 360 g/mol. The Bertz CT molecular complexity index is 974. The van der Waals surface area contributed by atoms with E-state index in [0.29, 0.717) is 13.0 Å². The highest BCUT2D eigenvalue weighted by atomic mass is 16.6. The summed E-state index contributed by atoms with van der Waals surface area (Å²) in [5.74, 6) is 0.0931. The molecule has 2 atom stereocenters. The molecule has 0 saturated carbocycles. The molecule has 2 unspecified atom stereocenters. The molecule has 5 rings (SSSR count). The monoisotopic (exact) mass is 384 g/mol. The van der Waals surface area contributed by atoms with Gasteiger partial charge in [0, 0.05) is 18.4 Å². The summed E-state index contributed by atoms with van der Waals surface area (Å²) in [6.45, 7) is 0.369. The predicted molar refractivity (Wildman–Crippen MR) is 111 cm³/mol. The first-order chi connectivity index (χ1) is 14.3. The average molecular weight is 384 g/mol. The van der Waals surface area contributed by atoms with Gasteiger partial charge in [-0.25, -0.2) is 4.79 Å². The van der Waals surface area contributed by atoms with Gasteiger partial charge >= 0.3 is 6.09 Å². The van der Waals surface area contributed by atoms with Crippen LogP contribution in [0.15, 0.2) is 60.2 Å². The number of hydrogen-bond acceptors (Lipinski definition) is 3. The lowest BCUT2D eigenvalue weighted by Crippen LogP contribution is -2.43. The van der Waals surface area contributed by atoms with Crippen molar-refractivity contribution in [3.8, 4) is 17.2 Å². The number of benzene rings is 2. The summed E-state index contributed by atoms with van der Waals surface area (Å²) in [7, 11) is 0. The van der Waals surface area contributed by atoms with Gasteiger partial charge in [0.2, 0.25) is 0 Å². The molecule has 4 heteroatoms. The van der Waals surface area contributed by atoms with E-state index in [1.54, 1.807) is 0 Å². The normalized spacial score (nSPS) is 21.9. The number of amides is 1. The van der Waals surface area contributed by atoms with Crippen molar-refractivity contribution in [2.24, 2.45) is 0 Å². The van der Waals surface area contributed by atoms with Gasteiger partial charge in [-0.3, -0.25) is 4.90 Å². The zero-order valence-corrected chi connectivity index (χ0v) is 16.4. The third kappa shape index (κ3) is 3.11. The highest BCUT2D eigenvalue weighted by Crippen LogP contribution is 2.45. The van der Waals surface area contributed by atoms with Crippen molar-refractivity contribution < 1.29 is 9.53 Å². The Morgan fingerprint density at radius 3 is 2.41 bits per heavy atom. The molecule has 4 nitrogen and oxygen atoms in total. The number of ether oxygens (including phenoxy) is 1. The van der Waals surface area contributed by atoms with Crippen LogP contribution in [0.5, 0.6) is 0 Å². The van der Waals surface area contributed by atoms with E-state index in [-0.39, 0.29) is 24.1 Å². The number of rotatable bonds is 4. The topological polar surface area (TPSA) is 53.3 Å². The maximum atomic E-state index is 13.0. The second kappa shape index (κ2) is 7.40. The average Bonchev–Trinajstić information content (AvgIpc) is 3.22. The number of nitrogens with zero attached hydrogens (tertiary/aromatic N) is 2. The molecule has 0 radical (unpaired) electrons. The van der Waals surface area contributed by atoms with Crippen LogP contribution in [-0.2, 0) is 4.74 Å². The first-order valence-electron chi connectivity index (χ1n) is 10.5. The molecule has 1 fully saturated rings. The second-order valence-electron chi connectivity index (χ2n) is 8.20. The lowest BCUT2D eigenvalue weighted by Gasteiger charge is -2.33. The van der Waals surface area contributed by atoms with Crippen LogP contribution in [0.4, 0.5) is 4.79 Å². The molecule has 3 aliphatic rings. The van der Waals surface area contributed by atoms with Crippen LogP contribution >= 0.6 is 0 Å². The fraction of sp³-hybridized carbons (Fsp3) is 0.360. The van der Waals surface area contributed by atoms with E-state index in [2.05, 4.69) is 60.7 Å². The maximum absolute atomic E-state index is 13.0. The van der Waals surface area contributed by atoms with Gasteiger partial charge in [-0.05, 0) is 47.9 Å². The molecule has 2 bridgehead atoms. The van der Waals surface area contributed by atoms with Gasteiger partial charge in [0.05, 0.1) is 12.1 Å². The minimum absolute atomic E-state index is 0.0931. The molecule has 1 aliphatic carbocycles. The van der Waals surface area contributed by atoms with Crippen LogP contribution in [0, 0.1) is 11.3 Å². The Labute approximate surface area is 171 Å². The lowest BCUT2D eigenvalue weighted by atomic mass is 9.97. The number of hydrogen-bond donors (Lipinski definition) is 0. The van der Waals surface area contributed by atoms with Gasteiger partial charge in [0.15, 0.2) is 0 Å². The van der Waals surface area contributed by atoms with E-state index in [1.165, 1.54) is 27.8 Å². The van der Waals surface area contributed by atoms with Crippen LogP contribution in [0.25, 0.3) is 11.1 Å². The molecule has 2 heterocycles. The van der Waals surface area contributed by atoms with Gasteiger partial charge in [0.1, 0.15) is 6.61 Å². The Morgan fingerprint density at radius 1 is 1.07 bits per heavy atom. The van der Waals surface area contributed by atoms with Gasteiger partial charge in [-0.15, -0.1) is 0 Å².